The maximum atomic E-state index is 5.31. The van der Waals surface area contributed by atoms with Crippen LogP contribution in [0.15, 0.2) is 72.5 Å². The summed E-state index contributed by atoms with van der Waals surface area (Å²) >= 11 is 0. The van der Waals surface area contributed by atoms with Gasteiger partial charge in [0.25, 0.3) is 0 Å². The molecule has 0 aliphatic heterocycles. The minimum absolute atomic E-state index is 0.411. The van der Waals surface area contributed by atoms with Crippen molar-refractivity contribution in [2.45, 2.75) is 33.4 Å². The average molecular weight is 486 g/mol. The zero-order valence-corrected chi connectivity index (χ0v) is 21.7. The van der Waals surface area contributed by atoms with Gasteiger partial charge in [0.15, 0.2) is 0 Å². The van der Waals surface area contributed by atoms with Crippen molar-refractivity contribution in [3.05, 3.63) is 83.6 Å². The minimum atomic E-state index is 0.411. The minimum Gasteiger partial charge on any atom is -0.497 e. The van der Waals surface area contributed by atoms with Crippen LogP contribution in [0.4, 0.5) is 11.9 Å². The first-order chi connectivity index (χ1) is 17.4. The number of allylic oxidation sites excluding steroid dienone is 3. The lowest BCUT2D eigenvalue weighted by Gasteiger charge is -2.19. The first-order valence-corrected chi connectivity index (χ1v) is 12.4. The number of methoxy groups -OCH3 is 2. The Morgan fingerprint density at radius 3 is 2.28 bits per heavy atom. The van der Waals surface area contributed by atoms with Gasteiger partial charge in [-0.05, 0) is 65.1 Å². The molecule has 2 aliphatic rings. The van der Waals surface area contributed by atoms with Crippen molar-refractivity contribution in [1.29, 1.82) is 0 Å². The number of hydrogen-bond acceptors (Lipinski definition) is 6. The molecule has 2 atom stereocenters. The van der Waals surface area contributed by atoms with Crippen molar-refractivity contribution in [3.63, 3.8) is 0 Å². The molecule has 7 nitrogen and oxygen atoms in total. The van der Waals surface area contributed by atoms with Crippen LogP contribution in [0, 0.1) is 17.3 Å². The van der Waals surface area contributed by atoms with E-state index in [4.69, 9.17) is 19.6 Å². The van der Waals surface area contributed by atoms with Crippen LogP contribution in [0.1, 0.15) is 31.4 Å². The van der Waals surface area contributed by atoms with E-state index in [2.05, 4.69) is 66.6 Å². The van der Waals surface area contributed by atoms with Crippen molar-refractivity contribution in [1.82, 2.24) is 14.8 Å². The van der Waals surface area contributed by atoms with Gasteiger partial charge in [-0.15, -0.1) is 5.10 Å². The highest BCUT2D eigenvalue weighted by Crippen LogP contribution is 2.61. The van der Waals surface area contributed by atoms with Gasteiger partial charge >= 0.3 is 0 Å². The maximum absolute atomic E-state index is 5.31. The Hall–Kier alpha value is -3.74. The van der Waals surface area contributed by atoms with E-state index in [1.807, 2.05) is 36.0 Å². The van der Waals surface area contributed by atoms with Crippen molar-refractivity contribution in [3.8, 4) is 11.5 Å². The summed E-state index contributed by atoms with van der Waals surface area (Å²) in [5, 5.41) is 8.30. The van der Waals surface area contributed by atoms with Crippen LogP contribution < -0.4 is 19.7 Å². The first kappa shape index (κ1) is 24.0. The number of hydrogen-bond donors (Lipinski definition) is 1. The van der Waals surface area contributed by atoms with Gasteiger partial charge in [0.1, 0.15) is 11.5 Å². The molecule has 36 heavy (non-hydrogen) atoms. The molecule has 1 saturated carbocycles. The second kappa shape index (κ2) is 9.72. The number of anilines is 2. The molecule has 1 fully saturated rings. The van der Waals surface area contributed by atoms with Gasteiger partial charge in [-0.1, -0.05) is 50.3 Å². The fraction of sp³-hybridized carbons (Fsp3) is 0.379. The summed E-state index contributed by atoms with van der Waals surface area (Å²) in [4.78, 5) is 7.02. The molecule has 188 valence electrons. The molecule has 0 spiro atoms. The van der Waals surface area contributed by atoms with Crippen LogP contribution in [-0.2, 0) is 13.1 Å². The molecule has 7 heteroatoms. The fourth-order valence-electron chi connectivity index (χ4n) is 5.12. The molecular formula is C29H35N5O2. The van der Waals surface area contributed by atoms with E-state index in [1.165, 1.54) is 5.56 Å². The Morgan fingerprint density at radius 1 is 1.00 bits per heavy atom. The molecule has 2 unspecified atom stereocenters. The van der Waals surface area contributed by atoms with E-state index in [-0.39, 0.29) is 0 Å². The van der Waals surface area contributed by atoms with Crippen molar-refractivity contribution in [2.75, 3.05) is 31.5 Å². The normalized spacial score (nSPS) is 19.6. The van der Waals surface area contributed by atoms with Crippen molar-refractivity contribution < 1.29 is 9.47 Å². The maximum Gasteiger partial charge on any atom is 0.248 e. The summed E-state index contributed by atoms with van der Waals surface area (Å²) in [6, 6.07) is 16.2. The first-order valence-electron chi connectivity index (χ1n) is 12.4. The summed E-state index contributed by atoms with van der Waals surface area (Å²) in [5.41, 5.74) is 3.77. The number of fused-ring (bicyclic) bond motifs is 1. The van der Waals surface area contributed by atoms with Gasteiger partial charge in [0.05, 0.1) is 20.8 Å². The standard InChI is InChI=1S/C29H35N5O2/c1-29(2)25-16-10-22(11-17-26(25)29)30-27-31-28(33(3)18-20-6-12-23(35-4)13-7-20)34(32-27)19-21-8-14-24(36-5)15-9-21/h6-16,25-26H,17-19H2,1-5H3,(H,30,32). The Morgan fingerprint density at radius 2 is 1.64 bits per heavy atom. The second-order valence-corrected chi connectivity index (χ2v) is 10.3. The van der Waals surface area contributed by atoms with Crippen LogP contribution in [0.2, 0.25) is 0 Å². The van der Waals surface area contributed by atoms with E-state index < -0.39 is 0 Å². The fourth-order valence-corrected chi connectivity index (χ4v) is 5.12. The van der Waals surface area contributed by atoms with Crippen LogP contribution in [-0.4, -0.2) is 36.0 Å². The summed E-state index contributed by atoms with van der Waals surface area (Å²) in [7, 11) is 5.40. The molecule has 0 bridgehead atoms. The summed E-state index contributed by atoms with van der Waals surface area (Å²) in [6.45, 7) is 6.01. The number of nitrogens with zero attached hydrogens (tertiary/aromatic N) is 4. The molecule has 0 saturated heterocycles. The highest BCUT2D eigenvalue weighted by atomic mass is 16.5. The van der Waals surface area contributed by atoms with Gasteiger partial charge in [0, 0.05) is 19.3 Å². The molecule has 5 rings (SSSR count). The third-order valence-corrected chi connectivity index (χ3v) is 7.53. The largest absolute Gasteiger partial charge is 0.497 e. The summed E-state index contributed by atoms with van der Waals surface area (Å²) in [6.07, 6.45) is 7.87. The topological polar surface area (TPSA) is 64.4 Å². The lowest BCUT2D eigenvalue weighted by atomic mass is 10.1. The quantitative estimate of drug-likeness (QED) is 0.431. The molecule has 1 aromatic heterocycles. The van der Waals surface area contributed by atoms with Gasteiger partial charge in [-0.25, -0.2) is 4.68 Å². The number of aromatic nitrogens is 3. The number of benzene rings is 2. The third kappa shape index (κ3) is 4.96. The van der Waals surface area contributed by atoms with E-state index in [9.17, 15) is 0 Å². The van der Waals surface area contributed by atoms with E-state index in [0.717, 1.165) is 41.0 Å². The number of rotatable bonds is 9. The molecule has 2 aliphatic carbocycles. The van der Waals surface area contributed by atoms with E-state index in [0.29, 0.717) is 30.4 Å². The zero-order chi connectivity index (χ0) is 25.3. The lowest BCUT2D eigenvalue weighted by Crippen LogP contribution is -2.21. The van der Waals surface area contributed by atoms with Crippen molar-refractivity contribution in [2.24, 2.45) is 17.3 Å². The predicted octanol–water partition coefficient (Wildman–Crippen LogP) is 5.51. The zero-order valence-electron chi connectivity index (χ0n) is 21.7. The third-order valence-electron chi connectivity index (χ3n) is 7.53. The predicted molar refractivity (Wildman–Crippen MR) is 143 cm³/mol. The van der Waals surface area contributed by atoms with Gasteiger partial charge in [-0.2, -0.15) is 4.98 Å². The molecule has 1 heterocycles. The van der Waals surface area contributed by atoms with Crippen LogP contribution in [0.5, 0.6) is 11.5 Å². The molecule has 0 amide bonds. The van der Waals surface area contributed by atoms with Gasteiger partial charge in [-0.3, -0.25) is 0 Å². The lowest BCUT2D eigenvalue weighted by molar-refractivity contribution is 0.414. The SMILES string of the molecule is COc1ccc(CN(C)c2nc(NC3=CCC4C(C=C3)C4(C)C)nn2Cc2ccc(OC)cc2)cc1. The Labute approximate surface area is 213 Å². The molecule has 3 aromatic rings. The second-order valence-electron chi connectivity index (χ2n) is 10.3. The molecule has 1 N–H and O–H groups in total. The molecular weight excluding hydrogens is 450 g/mol. The van der Waals surface area contributed by atoms with Gasteiger partial charge in [0.2, 0.25) is 11.9 Å². The smallest absolute Gasteiger partial charge is 0.248 e. The van der Waals surface area contributed by atoms with E-state index >= 15 is 0 Å². The highest BCUT2D eigenvalue weighted by molar-refractivity contribution is 5.46. The summed E-state index contributed by atoms with van der Waals surface area (Å²) in [5.74, 6) is 4.46. The van der Waals surface area contributed by atoms with Crippen LogP contribution in [0.25, 0.3) is 0 Å². The number of ether oxygens (including phenoxy) is 2. The highest BCUT2D eigenvalue weighted by Gasteiger charge is 2.55. The van der Waals surface area contributed by atoms with Crippen LogP contribution in [0.3, 0.4) is 0 Å². The van der Waals surface area contributed by atoms with Gasteiger partial charge < -0.3 is 19.7 Å². The van der Waals surface area contributed by atoms with Crippen molar-refractivity contribution >= 4 is 11.9 Å². The molecule has 2 aromatic carbocycles. The monoisotopic (exact) mass is 485 g/mol. The van der Waals surface area contributed by atoms with E-state index in [1.54, 1.807) is 14.2 Å². The summed E-state index contributed by atoms with van der Waals surface area (Å²) < 4.78 is 12.6. The Bertz CT molecular complexity index is 1260. The Balaban J connectivity index is 1.37. The number of nitrogens with one attached hydrogen (secondary N) is 1. The van der Waals surface area contributed by atoms with Crippen LogP contribution >= 0.6 is 0 Å². The average Bonchev–Trinajstić information content (AvgIpc) is 3.30. The molecule has 0 radical (unpaired) electrons. The Kier molecular flexibility index (Phi) is 6.48.